The number of aromatic nitrogens is 2. The summed E-state index contributed by atoms with van der Waals surface area (Å²) in [7, 11) is 0. The minimum atomic E-state index is -0.520. The van der Waals surface area contributed by atoms with Crippen LogP contribution < -0.4 is 11.1 Å². The number of amides is 1. The number of carbonyl (C=O) groups is 1. The van der Waals surface area contributed by atoms with E-state index >= 15 is 0 Å². The molecule has 3 rings (SSSR count). The van der Waals surface area contributed by atoms with Crippen LogP contribution in [-0.2, 0) is 11.3 Å². The first-order chi connectivity index (χ1) is 9.04. The molecule has 19 heavy (non-hydrogen) atoms. The number of anilines is 1. The van der Waals surface area contributed by atoms with Crippen LogP contribution in [0.2, 0.25) is 5.02 Å². The fraction of sp³-hybridized carbons (Fsp3) is 0.333. The lowest BCUT2D eigenvalue weighted by Crippen LogP contribution is -2.29. The van der Waals surface area contributed by atoms with Crippen LogP contribution in [0.1, 0.15) is 12.8 Å². The van der Waals surface area contributed by atoms with E-state index in [-0.39, 0.29) is 22.9 Å². The van der Waals surface area contributed by atoms with Crippen LogP contribution in [0, 0.1) is 5.82 Å². The average Bonchev–Trinajstić information content (AvgIpc) is 2.87. The highest BCUT2D eigenvalue weighted by molar-refractivity contribution is 6.31. The third-order valence-corrected chi connectivity index (χ3v) is 3.60. The summed E-state index contributed by atoms with van der Waals surface area (Å²) in [6, 6.07) is 2.79. The van der Waals surface area contributed by atoms with Gasteiger partial charge in [0.2, 0.25) is 11.9 Å². The van der Waals surface area contributed by atoms with E-state index in [0.29, 0.717) is 24.0 Å². The van der Waals surface area contributed by atoms with Gasteiger partial charge >= 0.3 is 0 Å². The zero-order valence-corrected chi connectivity index (χ0v) is 10.7. The largest absolute Gasteiger partial charge is 0.369 e. The van der Waals surface area contributed by atoms with Crippen molar-refractivity contribution in [2.75, 3.05) is 5.73 Å². The molecular weight excluding hydrogens is 271 g/mol. The second-order valence-electron chi connectivity index (χ2n) is 4.64. The Morgan fingerprint density at radius 2 is 2.37 bits per heavy atom. The Kier molecular flexibility index (Phi) is 2.82. The zero-order valence-electron chi connectivity index (χ0n) is 9.99. The van der Waals surface area contributed by atoms with Crippen molar-refractivity contribution < 1.29 is 9.18 Å². The molecule has 0 saturated carbocycles. The molecule has 100 valence electrons. The normalized spacial score (nSPS) is 19.1. The van der Waals surface area contributed by atoms with Crippen LogP contribution in [0.3, 0.4) is 0 Å². The number of hydrogen-bond acceptors (Lipinski definition) is 3. The van der Waals surface area contributed by atoms with Gasteiger partial charge in [-0.2, -0.15) is 0 Å². The fourth-order valence-corrected chi connectivity index (χ4v) is 2.52. The van der Waals surface area contributed by atoms with E-state index in [9.17, 15) is 9.18 Å². The monoisotopic (exact) mass is 282 g/mol. The standard InChI is InChI=1S/C12H12ClFN4O/c13-7-3-10-9(4-8(7)14)17-12(15)18(10)5-6-1-2-11(19)16-6/h3-4,6H,1-2,5H2,(H2,15,17)(H,16,19). The molecule has 1 aliphatic rings. The number of imidazole rings is 1. The number of nitrogens with zero attached hydrogens (tertiary/aromatic N) is 2. The number of halogens is 2. The van der Waals surface area contributed by atoms with Gasteiger partial charge in [-0.05, 0) is 12.5 Å². The summed E-state index contributed by atoms with van der Waals surface area (Å²) in [6.07, 6.45) is 1.28. The molecule has 3 N–H and O–H groups in total. The third kappa shape index (κ3) is 2.12. The van der Waals surface area contributed by atoms with E-state index in [1.54, 1.807) is 4.57 Å². The first-order valence-corrected chi connectivity index (χ1v) is 6.32. The maximum atomic E-state index is 13.4. The number of rotatable bonds is 2. The summed E-state index contributed by atoms with van der Waals surface area (Å²) in [6.45, 7) is 0.510. The van der Waals surface area contributed by atoms with Gasteiger partial charge in [0.05, 0.1) is 16.1 Å². The van der Waals surface area contributed by atoms with Crippen LogP contribution in [0.5, 0.6) is 0 Å². The Morgan fingerprint density at radius 3 is 3.05 bits per heavy atom. The number of nitrogen functional groups attached to an aromatic ring is 1. The molecule has 7 heteroatoms. The quantitative estimate of drug-likeness (QED) is 0.880. The second kappa shape index (κ2) is 4.38. The summed E-state index contributed by atoms with van der Waals surface area (Å²) in [5.41, 5.74) is 6.97. The van der Waals surface area contributed by atoms with Gasteiger partial charge in [-0.3, -0.25) is 4.79 Å². The predicted octanol–water partition coefficient (Wildman–Crippen LogP) is 1.69. The van der Waals surface area contributed by atoms with Crippen molar-refractivity contribution in [2.45, 2.75) is 25.4 Å². The number of carbonyl (C=O) groups excluding carboxylic acids is 1. The van der Waals surface area contributed by atoms with Gasteiger partial charge in [-0.25, -0.2) is 9.37 Å². The molecule has 1 aromatic carbocycles. The SMILES string of the molecule is Nc1nc2cc(F)c(Cl)cc2n1CC1CCC(=O)N1. The Bertz CT molecular complexity index is 669. The molecule has 0 spiro atoms. The van der Waals surface area contributed by atoms with E-state index < -0.39 is 5.82 Å². The van der Waals surface area contributed by atoms with Gasteiger partial charge in [0.15, 0.2) is 0 Å². The summed E-state index contributed by atoms with van der Waals surface area (Å²) in [5.74, 6) is -0.192. The number of hydrogen-bond donors (Lipinski definition) is 2. The van der Waals surface area contributed by atoms with Crippen molar-refractivity contribution in [1.82, 2.24) is 14.9 Å². The maximum Gasteiger partial charge on any atom is 0.220 e. The van der Waals surface area contributed by atoms with Gasteiger partial charge in [0.1, 0.15) is 5.82 Å². The molecule has 0 bridgehead atoms. The molecule has 1 unspecified atom stereocenters. The molecule has 2 heterocycles. The van der Waals surface area contributed by atoms with Crippen LogP contribution in [-0.4, -0.2) is 21.5 Å². The first-order valence-electron chi connectivity index (χ1n) is 5.94. The molecule has 0 aliphatic carbocycles. The zero-order chi connectivity index (χ0) is 13.6. The van der Waals surface area contributed by atoms with E-state index in [1.807, 2.05) is 0 Å². The van der Waals surface area contributed by atoms with Crippen LogP contribution in [0.15, 0.2) is 12.1 Å². The summed E-state index contributed by atoms with van der Waals surface area (Å²) in [5, 5.41) is 2.89. The number of nitrogens with two attached hydrogens (primary N) is 1. The Balaban J connectivity index is 2.00. The molecule has 1 amide bonds. The lowest BCUT2D eigenvalue weighted by atomic mass is 10.2. The lowest BCUT2D eigenvalue weighted by molar-refractivity contribution is -0.119. The van der Waals surface area contributed by atoms with Crippen molar-refractivity contribution in [3.05, 3.63) is 23.0 Å². The van der Waals surface area contributed by atoms with E-state index in [1.165, 1.54) is 12.1 Å². The van der Waals surface area contributed by atoms with Crippen molar-refractivity contribution >= 4 is 34.5 Å². The topological polar surface area (TPSA) is 72.9 Å². The van der Waals surface area contributed by atoms with Crippen LogP contribution >= 0.6 is 11.6 Å². The highest BCUT2D eigenvalue weighted by atomic mass is 35.5. The van der Waals surface area contributed by atoms with Crippen molar-refractivity contribution in [3.8, 4) is 0 Å². The van der Waals surface area contributed by atoms with E-state index in [2.05, 4.69) is 10.3 Å². The Hall–Kier alpha value is -1.82. The Labute approximate surface area is 113 Å². The minimum Gasteiger partial charge on any atom is -0.369 e. The highest BCUT2D eigenvalue weighted by Gasteiger charge is 2.23. The van der Waals surface area contributed by atoms with Gasteiger partial charge in [-0.15, -0.1) is 0 Å². The third-order valence-electron chi connectivity index (χ3n) is 3.31. The number of benzene rings is 1. The number of fused-ring (bicyclic) bond motifs is 1. The van der Waals surface area contributed by atoms with Gasteiger partial charge < -0.3 is 15.6 Å². The predicted molar refractivity (Wildman–Crippen MR) is 70.3 cm³/mol. The number of nitrogens with one attached hydrogen (secondary N) is 1. The van der Waals surface area contributed by atoms with Crippen molar-refractivity contribution in [1.29, 1.82) is 0 Å². The van der Waals surface area contributed by atoms with Crippen molar-refractivity contribution in [3.63, 3.8) is 0 Å². The molecule has 1 aromatic heterocycles. The van der Waals surface area contributed by atoms with Gasteiger partial charge in [-0.1, -0.05) is 11.6 Å². The lowest BCUT2D eigenvalue weighted by Gasteiger charge is -2.13. The molecule has 5 nitrogen and oxygen atoms in total. The molecule has 1 aliphatic heterocycles. The minimum absolute atomic E-state index is 0.0241. The fourth-order valence-electron chi connectivity index (χ4n) is 2.37. The van der Waals surface area contributed by atoms with Crippen LogP contribution in [0.4, 0.5) is 10.3 Å². The molecule has 2 aromatic rings. The summed E-state index contributed by atoms with van der Waals surface area (Å²) < 4.78 is 15.1. The second-order valence-corrected chi connectivity index (χ2v) is 5.05. The summed E-state index contributed by atoms with van der Waals surface area (Å²) >= 11 is 5.78. The first kappa shape index (κ1) is 12.2. The highest BCUT2D eigenvalue weighted by Crippen LogP contribution is 2.25. The van der Waals surface area contributed by atoms with Crippen molar-refractivity contribution in [2.24, 2.45) is 0 Å². The molecule has 1 fully saturated rings. The maximum absolute atomic E-state index is 13.4. The summed E-state index contributed by atoms with van der Waals surface area (Å²) in [4.78, 5) is 15.3. The molecular formula is C12H12ClFN4O. The van der Waals surface area contributed by atoms with Crippen LogP contribution in [0.25, 0.3) is 11.0 Å². The molecule has 1 saturated heterocycles. The van der Waals surface area contributed by atoms with E-state index in [4.69, 9.17) is 17.3 Å². The van der Waals surface area contributed by atoms with E-state index in [0.717, 1.165) is 6.42 Å². The van der Waals surface area contributed by atoms with Gasteiger partial charge in [0.25, 0.3) is 0 Å². The average molecular weight is 283 g/mol. The molecule has 0 radical (unpaired) electrons. The molecule has 1 atom stereocenters. The van der Waals surface area contributed by atoms with Gasteiger partial charge in [0, 0.05) is 25.1 Å². The smallest absolute Gasteiger partial charge is 0.220 e. The Morgan fingerprint density at radius 1 is 1.58 bits per heavy atom.